The summed E-state index contributed by atoms with van der Waals surface area (Å²) >= 11 is 0. The Hall–Kier alpha value is -2.14. The molecule has 5 nitrogen and oxygen atoms in total. The third-order valence-electron chi connectivity index (χ3n) is 4.38. The first-order valence-electron chi connectivity index (χ1n) is 8.31. The number of likely N-dealkylation sites (N-methyl/N-ethyl adjacent to an activating group) is 1. The van der Waals surface area contributed by atoms with Gasteiger partial charge in [-0.15, -0.1) is 0 Å². The maximum atomic E-state index is 12.9. The number of carbonyl (C=O) groups is 1. The summed E-state index contributed by atoms with van der Waals surface area (Å²) < 4.78 is 1.91. The number of carbonyl (C=O) groups excluding carboxylic acids is 1. The van der Waals surface area contributed by atoms with E-state index in [9.17, 15) is 4.79 Å². The van der Waals surface area contributed by atoms with Gasteiger partial charge in [0.2, 0.25) is 0 Å². The number of aromatic nitrogens is 2. The van der Waals surface area contributed by atoms with E-state index < -0.39 is 0 Å². The highest BCUT2D eigenvalue weighted by atomic mass is 16.2. The molecule has 0 atom stereocenters. The summed E-state index contributed by atoms with van der Waals surface area (Å²) in [5.41, 5.74) is 2.77. The first-order valence-corrected chi connectivity index (χ1v) is 8.31. The molecule has 0 bridgehead atoms. The van der Waals surface area contributed by atoms with E-state index >= 15 is 0 Å². The van der Waals surface area contributed by atoms with E-state index in [0.717, 1.165) is 56.0 Å². The molecule has 5 heteroatoms. The summed E-state index contributed by atoms with van der Waals surface area (Å²) in [6.45, 7) is 5.57. The molecule has 0 spiro atoms. The number of benzene rings is 1. The summed E-state index contributed by atoms with van der Waals surface area (Å²) in [7, 11) is 2.10. The molecule has 1 aliphatic rings. The van der Waals surface area contributed by atoms with Crippen molar-refractivity contribution >= 4 is 5.91 Å². The predicted octanol–water partition coefficient (Wildman–Crippen LogP) is 2.21. The van der Waals surface area contributed by atoms with Crippen LogP contribution in [-0.4, -0.2) is 58.7 Å². The Balaban J connectivity index is 1.90. The largest absolute Gasteiger partial charge is 0.336 e. The van der Waals surface area contributed by atoms with Crippen LogP contribution in [0.1, 0.15) is 29.4 Å². The lowest BCUT2D eigenvalue weighted by molar-refractivity contribution is 0.0663. The lowest BCUT2D eigenvalue weighted by atomic mass is 10.1. The molecule has 0 aliphatic carbocycles. The van der Waals surface area contributed by atoms with Gasteiger partial charge in [0.25, 0.3) is 5.91 Å². The van der Waals surface area contributed by atoms with Gasteiger partial charge in [-0.1, -0.05) is 31.5 Å². The number of piperazine rings is 1. The van der Waals surface area contributed by atoms with Crippen LogP contribution in [0, 0.1) is 0 Å². The molecule has 122 valence electrons. The van der Waals surface area contributed by atoms with Crippen LogP contribution in [0.4, 0.5) is 0 Å². The molecule has 3 rings (SSSR count). The fourth-order valence-electron chi connectivity index (χ4n) is 3.00. The minimum Gasteiger partial charge on any atom is -0.336 e. The summed E-state index contributed by atoms with van der Waals surface area (Å²) in [6, 6.07) is 10.0. The van der Waals surface area contributed by atoms with Gasteiger partial charge < -0.3 is 9.80 Å². The smallest absolute Gasteiger partial charge is 0.257 e. The average molecular weight is 312 g/mol. The van der Waals surface area contributed by atoms with E-state index in [2.05, 4.69) is 24.0 Å². The highest BCUT2D eigenvalue weighted by Crippen LogP contribution is 2.19. The van der Waals surface area contributed by atoms with E-state index in [4.69, 9.17) is 0 Å². The first-order chi connectivity index (χ1) is 11.2. The zero-order valence-corrected chi connectivity index (χ0v) is 13.9. The molecule has 1 amide bonds. The number of rotatable bonds is 4. The second-order valence-corrected chi connectivity index (χ2v) is 6.10. The van der Waals surface area contributed by atoms with Crippen molar-refractivity contribution in [2.45, 2.75) is 19.8 Å². The molecular weight excluding hydrogens is 288 g/mol. The van der Waals surface area contributed by atoms with Crippen molar-refractivity contribution in [2.24, 2.45) is 0 Å². The highest BCUT2D eigenvalue weighted by molar-refractivity contribution is 5.95. The highest BCUT2D eigenvalue weighted by Gasteiger charge is 2.25. The van der Waals surface area contributed by atoms with Crippen molar-refractivity contribution in [2.75, 3.05) is 33.2 Å². The molecule has 1 aliphatic heterocycles. The van der Waals surface area contributed by atoms with Gasteiger partial charge in [0.15, 0.2) is 0 Å². The summed E-state index contributed by atoms with van der Waals surface area (Å²) in [5, 5.41) is 4.49. The van der Waals surface area contributed by atoms with Crippen LogP contribution in [0.5, 0.6) is 0 Å². The second kappa shape index (κ2) is 6.96. The van der Waals surface area contributed by atoms with Crippen molar-refractivity contribution in [1.82, 2.24) is 19.6 Å². The van der Waals surface area contributed by atoms with Gasteiger partial charge in [-0.25, -0.2) is 4.68 Å². The second-order valence-electron chi connectivity index (χ2n) is 6.10. The van der Waals surface area contributed by atoms with Gasteiger partial charge >= 0.3 is 0 Å². The van der Waals surface area contributed by atoms with Gasteiger partial charge in [0.1, 0.15) is 0 Å². The van der Waals surface area contributed by atoms with Crippen molar-refractivity contribution in [3.8, 4) is 5.69 Å². The Morgan fingerprint density at radius 1 is 1.13 bits per heavy atom. The molecule has 1 aromatic carbocycles. The molecule has 0 saturated carbocycles. The van der Waals surface area contributed by atoms with Crippen molar-refractivity contribution in [1.29, 1.82) is 0 Å². The maximum absolute atomic E-state index is 12.9. The Labute approximate surface area is 137 Å². The summed E-state index contributed by atoms with van der Waals surface area (Å²) in [5.74, 6) is 0.115. The molecule has 0 N–H and O–H groups in total. The monoisotopic (exact) mass is 312 g/mol. The van der Waals surface area contributed by atoms with E-state index in [-0.39, 0.29) is 5.91 Å². The Bertz CT molecular complexity index is 657. The minimum absolute atomic E-state index is 0.115. The molecule has 2 heterocycles. The number of nitrogens with zero attached hydrogens (tertiary/aromatic N) is 4. The third kappa shape index (κ3) is 3.29. The van der Waals surface area contributed by atoms with Crippen LogP contribution in [-0.2, 0) is 6.42 Å². The van der Waals surface area contributed by atoms with E-state index in [0.29, 0.717) is 0 Å². The van der Waals surface area contributed by atoms with Crippen LogP contribution in [0.2, 0.25) is 0 Å². The number of hydrogen-bond donors (Lipinski definition) is 0. The SMILES string of the molecule is CCCc1c(C(=O)N2CCN(C)CC2)cnn1-c1ccccc1. The van der Waals surface area contributed by atoms with Crippen LogP contribution in [0.25, 0.3) is 5.69 Å². The van der Waals surface area contributed by atoms with Gasteiger partial charge in [0.05, 0.1) is 23.1 Å². The van der Waals surface area contributed by atoms with Crippen molar-refractivity contribution in [3.05, 3.63) is 47.8 Å². The molecule has 23 heavy (non-hydrogen) atoms. The topological polar surface area (TPSA) is 41.4 Å². The average Bonchev–Trinajstić information content (AvgIpc) is 3.00. The molecule has 0 radical (unpaired) electrons. The van der Waals surface area contributed by atoms with Crippen molar-refractivity contribution < 1.29 is 4.79 Å². The Morgan fingerprint density at radius 3 is 2.48 bits per heavy atom. The van der Waals surface area contributed by atoms with Gasteiger partial charge in [-0.05, 0) is 25.6 Å². The molecule has 0 unspecified atom stereocenters. The van der Waals surface area contributed by atoms with Gasteiger partial charge in [0, 0.05) is 26.2 Å². The number of hydrogen-bond acceptors (Lipinski definition) is 3. The van der Waals surface area contributed by atoms with Gasteiger partial charge in [-0.3, -0.25) is 4.79 Å². The minimum atomic E-state index is 0.115. The molecule has 1 aromatic heterocycles. The molecule has 1 saturated heterocycles. The van der Waals surface area contributed by atoms with Crippen LogP contribution in [0.3, 0.4) is 0 Å². The Kier molecular flexibility index (Phi) is 4.76. The number of amides is 1. The lowest BCUT2D eigenvalue weighted by Crippen LogP contribution is -2.47. The molecular formula is C18H24N4O. The number of para-hydroxylation sites is 1. The van der Waals surface area contributed by atoms with Gasteiger partial charge in [-0.2, -0.15) is 5.10 Å². The van der Waals surface area contributed by atoms with E-state index in [1.165, 1.54) is 0 Å². The summed E-state index contributed by atoms with van der Waals surface area (Å²) in [4.78, 5) is 17.1. The molecule has 1 fully saturated rings. The van der Waals surface area contributed by atoms with Crippen molar-refractivity contribution in [3.63, 3.8) is 0 Å². The van der Waals surface area contributed by atoms with E-state index in [1.54, 1.807) is 6.20 Å². The maximum Gasteiger partial charge on any atom is 0.257 e. The molecule has 2 aromatic rings. The zero-order chi connectivity index (χ0) is 16.2. The summed E-state index contributed by atoms with van der Waals surface area (Å²) in [6.07, 6.45) is 3.57. The van der Waals surface area contributed by atoms with Crippen LogP contribution in [0.15, 0.2) is 36.5 Å². The third-order valence-corrected chi connectivity index (χ3v) is 4.38. The fraction of sp³-hybridized carbons (Fsp3) is 0.444. The van der Waals surface area contributed by atoms with E-state index in [1.807, 2.05) is 39.9 Å². The quantitative estimate of drug-likeness (QED) is 0.869. The zero-order valence-electron chi connectivity index (χ0n) is 13.9. The lowest BCUT2D eigenvalue weighted by Gasteiger charge is -2.32. The predicted molar refractivity (Wildman–Crippen MR) is 91.0 cm³/mol. The normalized spacial score (nSPS) is 15.8. The van der Waals surface area contributed by atoms with Crippen LogP contribution >= 0.6 is 0 Å². The standard InChI is InChI=1S/C18H24N4O/c1-3-7-17-16(18(23)21-12-10-20(2)11-13-21)14-19-22(17)15-8-5-4-6-9-15/h4-6,8-9,14H,3,7,10-13H2,1-2H3. The fourth-order valence-corrected chi connectivity index (χ4v) is 3.00. The Morgan fingerprint density at radius 2 is 1.83 bits per heavy atom. The first kappa shape index (κ1) is 15.7. The van der Waals surface area contributed by atoms with Crippen LogP contribution < -0.4 is 0 Å².